The summed E-state index contributed by atoms with van der Waals surface area (Å²) in [6, 6.07) is 2.08. The van der Waals surface area contributed by atoms with Crippen LogP contribution < -0.4 is 5.73 Å². The predicted octanol–water partition coefficient (Wildman–Crippen LogP) is 2.47. The molecule has 94 valence electrons. The molecule has 0 radical (unpaired) electrons. The van der Waals surface area contributed by atoms with Crippen molar-refractivity contribution in [3.05, 3.63) is 0 Å². The van der Waals surface area contributed by atoms with Gasteiger partial charge in [-0.15, -0.1) is 0 Å². The summed E-state index contributed by atoms with van der Waals surface area (Å²) in [5.41, 5.74) is 5.98. The van der Waals surface area contributed by atoms with Gasteiger partial charge < -0.3 is 5.73 Å². The fourth-order valence-electron chi connectivity index (χ4n) is 3.22. The molecule has 2 rings (SSSR count). The van der Waals surface area contributed by atoms with Crippen LogP contribution in [0.15, 0.2) is 0 Å². The van der Waals surface area contributed by atoms with Gasteiger partial charge in [-0.05, 0) is 51.3 Å². The first-order valence-corrected chi connectivity index (χ1v) is 7.82. The van der Waals surface area contributed by atoms with Crippen molar-refractivity contribution in [2.75, 3.05) is 12.8 Å². The van der Waals surface area contributed by atoms with Crippen LogP contribution in [0.4, 0.5) is 0 Å². The largest absolute Gasteiger partial charge is 0.328 e. The second-order valence-electron chi connectivity index (χ2n) is 5.52. The smallest absolute Gasteiger partial charge is 0.0212 e. The predicted molar refractivity (Wildman–Crippen MR) is 72.9 cm³/mol. The Balaban J connectivity index is 1.88. The SMILES string of the molecule is CC1SCCCC1N(C)C1CCC(N)CC1. The molecular weight excluding hydrogens is 216 g/mol. The Labute approximate surface area is 104 Å². The van der Waals surface area contributed by atoms with E-state index in [0.29, 0.717) is 6.04 Å². The van der Waals surface area contributed by atoms with Crippen LogP contribution in [0.3, 0.4) is 0 Å². The van der Waals surface area contributed by atoms with Crippen molar-refractivity contribution in [3.63, 3.8) is 0 Å². The van der Waals surface area contributed by atoms with Gasteiger partial charge in [0.15, 0.2) is 0 Å². The van der Waals surface area contributed by atoms with Gasteiger partial charge in [0.1, 0.15) is 0 Å². The molecule has 2 unspecified atom stereocenters. The molecular formula is C13H26N2S. The lowest BCUT2D eigenvalue weighted by molar-refractivity contribution is 0.123. The van der Waals surface area contributed by atoms with E-state index < -0.39 is 0 Å². The normalized spacial score (nSPS) is 41.2. The molecule has 0 aromatic heterocycles. The first-order valence-electron chi connectivity index (χ1n) is 6.77. The monoisotopic (exact) mass is 242 g/mol. The van der Waals surface area contributed by atoms with Gasteiger partial charge in [0.2, 0.25) is 0 Å². The molecule has 2 atom stereocenters. The second-order valence-corrected chi connectivity index (χ2v) is 7.00. The third-order valence-corrected chi connectivity index (χ3v) is 5.77. The zero-order valence-electron chi connectivity index (χ0n) is 10.7. The van der Waals surface area contributed by atoms with Gasteiger partial charge in [0.05, 0.1) is 0 Å². The number of nitrogens with zero attached hydrogens (tertiary/aromatic N) is 1. The second kappa shape index (κ2) is 5.74. The minimum atomic E-state index is 0.475. The molecule has 2 N–H and O–H groups in total. The summed E-state index contributed by atoms with van der Waals surface area (Å²) in [6.07, 6.45) is 7.87. The minimum absolute atomic E-state index is 0.475. The first-order chi connectivity index (χ1) is 7.68. The fourth-order valence-corrected chi connectivity index (χ4v) is 4.48. The number of hydrogen-bond donors (Lipinski definition) is 1. The van der Waals surface area contributed by atoms with E-state index in [-0.39, 0.29) is 0 Å². The highest BCUT2D eigenvalue weighted by Crippen LogP contribution is 2.32. The molecule has 2 fully saturated rings. The third kappa shape index (κ3) is 2.93. The van der Waals surface area contributed by atoms with Crippen LogP contribution in [0.25, 0.3) is 0 Å². The Morgan fingerprint density at radius 2 is 1.81 bits per heavy atom. The molecule has 1 heterocycles. The van der Waals surface area contributed by atoms with Crippen molar-refractivity contribution in [1.82, 2.24) is 4.90 Å². The van der Waals surface area contributed by atoms with Crippen molar-refractivity contribution < 1.29 is 0 Å². The van der Waals surface area contributed by atoms with Crippen molar-refractivity contribution >= 4 is 11.8 Å². The van der Waals surface area contributed by atoms with Crippen LogP contribution in [0.5, 0.6) is 0 Å². The number of nitrogens with two attached hydrogens (primary N) is 1. The summed E-state index contributed by atoms with van der Waals surface area (Å²) in [6.45, 7) is 2.40. The quantitative estimate of drug-likeness (QED) is 0.806. The van der Waals surface area contributed by atoms with E-state index in [9.17, 15) is 0 Å². The zero-order chi connectivity index (χ0) is 11.5. The maximum Gasteiger partial charge on any atom is 0.0212 e. The Morgan fingerprint density at radius 1 is 1.12 bits per heavy atom. The lowest BCUT2D eigenvalue weighted by Crippen LogP contribution is -2.48. The van der Waals surface area contributed by atoms with E-state index in [2.05, 4.69) is 30.6 Å². The Kier molecular flexibility index (Phi) is 4.57. The molecule has 0 bridgehead atoms. The standard InChI is InChI=1S/C13H26N2S/c1-10-13(4-3-9-16-10)15(2)12-7-5-11(14)6-8-12/h10-13H,3-9,14H2,1-2H3. The molecule has 0 spiro atoms. The molecule has 1 saturated carbocycles. The van der Waals surface area contributed by atoms with E-state index in [1.54, 1.807) is 0 Å². The van der Waals surface area contributed by atoms with Crippen LogP contribution in [0, 0.1) is 0 Å². The van der Waals surface area contributed by atoms with Crippen LogP contribution in [-0.4, -0.2) is 41.1 Å². The molecule has 3 heteroatoms. The highest BCUT2D eigenvalue weighted by Gasteiger charge is 2.31. The molecule has 2 nitrogen and oxygen atoms in total. The van der Waals surface area contributed by atoms with Gasteiger partial charge >= 0.3 is 0 Å². The lowest BCUT2D eigenvalue weighted by atomic mass is 9.89. The highest BCUT2D eigenvalue weighted by molar-refractivity contribution is 7.99. The fraction of sp³-hybridized carbons (Fsp3) is 1.00. The van der Waals surface area contributed by atoms with Gasteiger partial charge in [0.25, 0.3) is 0 Å². The van der Waals surface area contributed by atoms with Gasteiger partial charge in [-0.25, -0.2) is 0 Å². The summed E-state index contributed by atoms with van der Waals surface area (Å²) in [7, 11) is 2.34. The van der Waals surface area contributed by atoms with Crippen LogP contribution >= 0.6 is 11.8 Å². The molecule has 1 saturated heterocycles. The Bertz CT molecular complexity index is 214. The van der Waals surface area contributed by atoms with Gasteiger partial charge in [-0.2, -0.15) is 11.8 Å². The molecule has 0 aromatic carbocycles. The highest BCUT2D eigenvalue weighted by atomic mass is 32.2. The summed E-state index contributed by atoms with van der Waals surface area (Å²) in [5, 5.41) is 0.814. The summed E-state index contributed by atoms with van der Waals surface area (Å²) in [4.78, 5) is 2.67. The maximum absolute atomic E-state index is 5.98. The van der Waals surface area contributed by atoms with E-state index in [0.717, 1.165) is 17.3 Å². The van der Waals surface area contributed by atoms with E-state index in [1.807, 2.05) is 0 Å². The summed E-state index contributed by atoms with van der Waals surface area (Å²) < 4.78 is 0. The topological polar surface area (TPSA) is 29.3 Å². The van der Waals surface area contributed by atoms with Crippen molar-refractivity contribution in [3.8, 4) is 0 Å². The van der Waals surface area contributed by atoms with E-state index in [1.165, 1.54) is 44.3 Å². The van der Waals surface area contributed by atoms with E-state index in [4.69, 9.17) is 5.73 Å². The number of hydrogen-bond acceptors (Lipinski definition) is 3. The number of thioether (sulfide) groups is 1. The molecule has 1 aliphatic carbocycles. The van der Waals surface area contributed by atoms with Gasteiger partial charge in [0, 0.05) is 23.4 Å². The number of rotatable bonds is 2. The van der Waals surface area contributed by atoms with E-state index >= 15 is 0 Å². The van der Waals surface area contributed by atoms with Crippen molar-refractivity contribution in [1.29, 1.82) is 0 Å². The van der Waals surface area contributed by atoms with Gasteiger partial charge in [-0.1, -0.05) is 6.92 Å². The Morgan fingerprint density at radius 3 is 2.44 bits per heavy atom. The molecule has 0 aromatic rings. The summed E-state index contributed by atoms with van der Waals surface area (Å²) >= 11 is 2.15. The average molecular weight is 242 g/mol. The third-order valence-electron chi connectivity index (χ3n) is 4.41. The molecule has 0 amide bonds. The van der Waals surface area contributed by atoms with Crippen LogP contribution in [-0.2, 0) is 0 Å². The lowest BCUT2D eigenvalue weighted by Gasteiger charge is -2.42. The molecule has 2 aliphatic rings. The summed E-state index contributed by atoms with van der Waals surface area (Å²) in [5.74, 6) is 1.36. The van der Waals surface area contributed by atoms with Crippen LogP contribution in [0.1, 0.15) is 45.4 Å². The minimum Gasteiger partial charge on any atom is -0.328 e. The zero-order valence-corrected chi connectivity index (χ0v) is 11.5. The average Bonchev–Trinajstić information content (AvgIpc) is 2.30. The van der Waals surface area contributed by atoms with Crippen molar-refractivity contribution in [2.24, 2.45) is 5.73 Å². The molecule has 1 aliphatic heterocycles. The van der Waals surface area contributed by atoms with Crippen LogP contribution in [0.2, 0.25) is 0 Å². The first kappa shape index (κ1) is 12.7. The van der Waals surface area contributed by atoms with Crippen molar-refractivity contribution in [2.45, 2.75) is 68.8 Å². The van der Waals surface area contributed by atoms with Gasteiger partial charge in [-0.3, -0.25) is 4.90 Å². The molecule has 16 heavy (non-hydrogen) atoms. The Hall–Kier alpha value is 0.270. The maximum atomic E-state index is 5.98.